The van der Waals surface area contributed by atoms with Crippen LogP contribution in [-0.2, 0) is 11.3 Å². The van der Waals surface area contributed by atoms with Crippen molar-refractivity contribution in [2.24, 2.45) is 4.99 Å². The van der Waals surface area contributed by atoms with Crippen LogP contribution in [0.15, 0.2) is 23.2 Å². The predicted molar refractivity (Wildman–Crippen MR) is 112 cm³/mol. The number of nitrogens with one attached hydrogen (secondary N) is 2. The number of hydrogen-bond donors (Lipinski definition) is 2. The Hall–Kier alpha value is -1.79. The summed E-state index contributed by atoms with van der Waals surface area (Å²) in [6.07, 6.45) is 1.06. The molecule has 0 aliphatic rings. The van der Waals surface area contributed by atoms with Crippen LogP contribution in [0, 0.1) is 6.92 Å². The zero-order chi connectivity index (χ0) is 19.4. The van der Waals surface area contributed by atoms with Gasteiger partial charge in [0.15, 0.2) is 5.96 Å². The molecule has 1 aromatic carbocycles. The number of guanidine groups is 1. The van der Waals surface area contributed by atoms with Crippen molar-refractivity contribution < 1.29 is 4.74 Å². The molecule has 0 heterocycles. The maximum atomic E-state index is 5.10. The van der Waals surface area contributed by atoms with Gasteiger partial charge in [0.2, 0.25) is 0 Å². The quantitative estimate of drug-likeness (QED) is 0.358. The van der Waals surface area contributed by atoms with Crippen LogP contribution < -0.4 is 15.5 Å². The normalized spacial score (nSPS) is 11.7. The standard InChI is InChI=1S/C20H37N5O/c1-7-21-20(22-11-13-25(5)12-8-14-26-6)23-16-18-10-9-17(2)15-19(18)24(3)4/h9-10,15H,7-8,11-14,16H2,1-6H3,(H2,21,22,23). The molecule has 0 aromatic heterocycles. The van der Waals surface area contributed by atoms with Gasteiger partial charge in [0, 0.05) is 59.7 Å². The minimum atomic E-state index is 0.660. The van der Waals surface area contributed by atoms with E-state index in [1.165, 1.54) is 16.8 Å². The number of anilines is 1. The van der Waals surface area contributed by atoms with Crippen LogP contribution in [-0.4, -0.2) is 71.9 Å². The highest BCUT2D eigenvalue weighted by atomic mass is 16.5. The van der Waals surface area contributed by atoms with E-state index in [2.05, 4.69) is 73.6 Å². The fourth-order valence-electron chi connectivity index (χ4n) is 2.69. The minimum absolute atomic E-state index is 0.660. The first-order valence-electron chi connectivity index (χ1n) is 9.44. The summed E-state index contributed by atoms with van der Waals surface area (Å²) in [5, 5.41) is 6.75. The van der Waals surface area contributed by atoms with Gasteiger partial charge >= 0.3 is 0 Å². The number of ether oxygens (including phenoxy) is 1. The average molecular weight is 364 g/mol. The van der Waals surface area contributed by atoms with Crippen molar-refractivity contribution in [1.82, 2.24) is 15.5 Å². The summed E-state index contributed by atoms with van der Waals surface area (Å²) in [5.41, 5.74) is 3.72. The molecule has 1 rings (SSSR count). The van der Waals surface area contributed by atoms with Crippen molar-refractivity contribution in [3.05, 3.63) is 29.3 Å². The molecule has 0 spiro atoms. The Bertz CT molecular complexity index is 545. The zero-order valence-corrected chi connectivity index (χ0v) is 17.4. The van der Waals surface area contributed by atoms with Crippen LogP contribution in [0.1, 0.15) is 24.5 Å². The molecule has 0 saturated carbocycles. The first-order valence-corrected chi connectivity index (χ1v) is 9.44. The van der Waals surface area contributed by atoms with Crippen molar-refractivity contribution in [1.29, 1.82) is 0 Å². The zero-order valence-electron chi connectivity index (χ0n) is 17.4. The van der Waals surface area contributed by atoms with E-state index in [0.29, 0.717) is 6.54 Å². The highest BCUT2D eigenvalue weighted by molar-refractivity contribution is 5.79. The van der Waals surface area contributed by atoms with Gasteiger partial charge in [0.25, 0.3) is 0 Å². The van der Waals surface area contributed by atoms with Gasteiger partial charge < -0.3 is 25.2 Å². The molecule has 0 atom stereocenters. The molecule has 0 unspecified atom stereocenters. The Balaban J connectivity index is 2.58. The fraction of sp³-hybridized carbons (Fsp3) is 0.650. The molecule has 26 heavy (non-hydrogen) atoms. The molecule has 0 aliphatic carbocycles. The van der Waals surface area contributed by atoms with Crippen molar-refractivity contribution in [2.75, 3.05) is 65.9 Å². The van der Waals surface area contributed by atoms with E-state index in [0.717, 1.165) is 45.2 Å². The maximum absolute atomic E-state index is 5.10. The van der Waals surface area contributed by atoms with Gasteiger partial charge in [-0.3, -0.25) is 0 Å². The molecule has 0 bridgehead atoms. The molecule has 2 N–H and O–H groups in total. The van der Waals surface area contributed by atoms with E-state index in [9.17, 15) is 0 Å². The second-order valence-corrected chi connectivity index (χ2v) is 6.80. The van der Waals surface area contributed by atoms with E-state index in [4.69, 9.17) is 9.73 Å². The number of aliphatic imine (C=N–C) groups is 1. The van der Waals surface area contributed by atoms with E-state index >= 15 is 0 Å². The minimum Gasteiger partial charge on any atom is -0.385 e. The topological polar surface area (TPSA) is 52.1 Å². The molecule has 0 saturated heterocycles. The molecule has 0 fully saturated rings. The SMILES string of the molecule is CCNC(=NCc1ccc(C)cc1N(C)C)NCCN(C)CCCOC. The maximum Gasteiger partial charge on any atom is 0.191 e. The van der Waals surface area contributed by atoms with Crippen molar-refractivity contribution in [2.45, 2.75) is 26.8 Å². The van der Waals surface area contributed by atoms with Crippen LogP contribution in [0.2, 0.25) is 0 Å². The lowest BCUT2D eigenvalue weighted by Gasteiger charge is -2.19. The highest BCUT2D eigenvalue weighted by Gasteiger charge is 2.06. The second-order valence-electron chi connectivity index (χ2n) is 6.80. The molecule has 0 aliphatic heterocycles. The van der Waals surface area contributed by atoms with Gasteiger partial charge in [-0.2, -0.15) is 0 Å². The van der Waals surface area contributed by atoms with Crippen molar-refractivity contribution in [3.8, 4) is 0 Å². The summed E-state index contributed by atoms with van der Waals surface area (Å²) in [4.78, 5) is 9.21. The van der Waals surface area contributed by atoms with Crippen molar-refractivity contribution in [3.63, 3.8) is 0 Å². The summed E-state index contributed by atoms with van der Waals surface area (Å²) >= 11 is 0. The Morgan fingerprint density at radius 3 is 2.58 bits per heavy atom. The van der Waals surface area contributed by atoms with Gasteiger partial charge in [-0.05, 0) is 44.5 Å². The Morgan fingerprint density at radius 1 is 1.15 bits per heavy atom. The number of rotatable bonds is 11. The Labute approximate surface area is 159 Å². The molecule has 0 radical (unpaired) electrons. The van der Waals surface area contributed by atoms with Gasteiger partial charge in [-0.1, -0.05) is 12.1 Å². The van der Waals surface area contributed by atoms with Crippen LogP contribution in [0.4, 0.5) is 5.69 Å². The van der Waals surface area contributed by atoms with E-state index in [1.807, 2.05) is 0 Å². The number of methoxy groups -OCH3 is 1. The summed E-state index contributed by atoms with van der Waals surface area (Å²) in [5.74, 6) is 0.864. The number of aryl methyl sites for hydroxylation is 1. The number of benzene rings is 1. The van der Waals surface area contributed by atoms with Crippen LogP contribution in [0.5, 0.6) is 0 Å². The van der Waals surface area contributed by atoms with Crippen molar-refractivity contribution >= 4 is 11.6 Å². The lowest BCUT2D eigenvalue weighted by molar-refractivity contribution is 0.180. The summed E-state index contributed by atoms with van der Waals surface area (Å²) < 4.78 is 5.10. The summed E-state index contributed by atoms with van der Waals surface area (Å²) in [6, 6.07) is 6.52. The smallest absolute Gasteiger partial charge is 0.191 e. The molecular formula is C20H37N5O. The summed E-state index contributed by atoms with van der Waals surface area (Å²) in [6.45, 7) is 9.41. The number of likely N-dealkylation sites (N-methyl/N-ethyl adjacent to an activating group) is 1. The van der Waals surface area contributed by atoms with E-state index in [-0.39, 0.29) is 0 Å². The summed E-state index contributed by atoms with van der Waals surface area (Å²) in [7, 11) is 8.03. The number of hydrogen-bond acceptors (Lipinski definition) is 4. The van der Waals surface area contributed by atoms with Gasteiger partial charge in [-0.25, -0.2) is 4.99 Å². The molecule has 148 valence electrons. The van der Waals surface area contributed by atoms with E-state index in [1.54, 1.807) is 7.11 Å². The molecular weight excluding hydrogens is 326 g/mol. The fourth-order valence-corrected chi connectivity index (χ4v) is 2.69. The Morgan fingerprint density at radius 2 is 1.92 bits per heavy atom. The first kappa shape index (κ1) is 22.3. The largest absolute Gasteiger partial charge is 0.385 e. The predicted octanol–water partition coefficient (Wildman–Crippen LogP) is 2.08. The molecule has 6 heteroatoms. The number of nitrogens with zero attached hydrogens (tertiary/aromatic N) is 3. The molecule has 6 nitrogen and oxygen atoms in total. The van der Waals surface area contributed by atoms with Gasteiger partial charge in [0.05, 0.1) is 6.54 Å². The third-order valence-corrected chi connectivity index (χ3v) is 4.15. The van der Waals surface area contributed by atoms with Crippen LogP contribution in [0.3, 0.4) is 0 Å². The molecule has 0 amide bonds. The van der Waals surface area contributed by atoms with Crippen LogP contribution >= 0.6 is 0 Å². The second kappa shape index (κ2) is 12.5. The van der Waals surface area contributed by atoms with Gasteiger partial charge in [0.1, 0.15) is 0 Å². The molecule has 1 aromatic rings. The van der Waals surface area contributed by atoms with E-state index < -0.39 is 0 Å². The lowest BCUT2D eigenvalue weighted by atomic mass is 10.1. The van der Waals surface area contributed by atoms with Crippen LogP contribution in [0.25, 0.3) is 0 Å². The first-order chi connectivity index (χ1) is 12.5. The Kier molecular flexibility index (Phi) is 10.7. The third kappa shape index (κ3) is 8.54. The lowest BCUT2D eigenvalue weighted by Crippen LogP contribution is -2.41. The highest BCUT2D eigenvalue weighted by Crippen LogP contribution is 2.21. The third-order valence-electron chi connectivity index (χ3n) is 4.15. The van der Waals surface area contributed by atoms with Gasteiger partial charge in [-0.15, -0.1) is 0 Å². The monoisotopic (exact) mass is 363 g/mol. The average Bonchev–Trinajstić information content (AvgIpc) is 2.60.